The number of para-hydroxylation sites is 1. The predicted molar refractivity (Wildman–Crippen MR) is 122 cm³/mol. The molecule has 3 aromatic rings. The maximum absolute atomic E-state index is 14.3. The van der Waals surface area contributed by atoms with Crippen LogP contribution in [0.15, 0.2) is 59.5 Å². The number of aryl methyl sites for hydroxylation is 2. The normalized spacial score (nSPS) is 17.4. The molecule has 1 atom stereocenters. The standard InChI is InChI=1S/C24H24FN3OS/c1-4-17-9-11-19(12-10-17)26-24-27-23(29)22(30-24)14-18-13-15(2)28(16(18)3)21-8-6-5-7-20(21)25/h5-14,24,26H,4H2,1-3H3,(H,27,29)/b22-14-/t24-/m1/s1. The lowest BCUT2D eigenvalue weighted by atomic mass is 10.1. The molecule has 1 amide bonds. The van der Waals surface area contributed by atoms with Crippen molar-refractivity contribution < 1.29 is 9.18 Å². The zero-order chi connectivity index (χ0) is 21.3. The number of carbonyl (C=O) groups excluding carboxylic acids is 1. The molecule has 1 aliphatic heterocycles. The lowest BCUT2D eigenvalue weighted by Gasteiger charge is -2.12. The molecule has 1 aromatic heterocycles. The third-order valence-electron chi connectivity index (χ3n) is 5.24. The average Bonchev–Trinajstić information content (AvgIpc) is 3.21. The Hall–Kier alpha value is -2.99. The van der Waals surface area contributed by atoms with E-state index in [1.54, 1.807) is 12.1 Å². The van der Waals surface area contributed by atoms with Gasteiger partial charge >= 0.3 is 0 Å². The second kappa shape index (κ2) is 8.40. The summed E-state index contributed by atoms with van der Waals surface area (Å²) >= 11 is 1.45. The molecule has 1 fully saturated rings. The van der Waals surface area contributed by atoms with Gasteiger partial charge in [0, 0.05) is 17.1 Å². The second-order valence-corrected chi connectivity index (χ2v) is 8.43. The summed E-state index contributed by atoms with van der Waals surface area (Å²) in [6.45, 7) is 6.00. The van der Waals surface area contributed by atoms with Gasteiger partial charge in [0.25, 0.3) is 5.91 Å². The first-order valence-corrected chi connectivity index (χ1v) is 10.8. The van der Waals surface area contributed by atoms with E-state index < -0.39 is 0 Å². The molecule has 30 heavy (non-hydrogen) atoms. The molecule has 4 rings (SSSR count). The SMILES string of the molecule is CCc1ccc(N[C@@H]2NC(=O)/C(=C/c3cc(C)n(-c4ccccc4F)c3C)S2)cc1. The zero-order valence-corrected chi connectivity index (χ0v) is 18.0. The third-order valence-corrected chi connectivity index (χ3v) is 6.27. The van der Waals surface area contributed by atoms with Crippen LogP contribution in [0.4, 0.5) is 10.1 Å². The van der Waals surface area contributed by atoms with Crippen molar-refractivity contribution in [2.75, 3.05) is 5.32 Å². The van der Waals surface area contributed by atoms with E-state index in [-0.39, 0.29) is 17.2 Å². The highest BCUT2D eigenvalue weighted by Gasteiger charge is 2.27. The van der Waals surface area contributed by atoms with E-state index in [9.17, 15) is 9.18 Å². The molecule has 0 bridgehead atoms. The van der Waals surface area contributed by atoms with Crippen LogP contribution >= 0.6 is 11.8 Å². The molecular weight excluding hydrogens is 397 g/mol. The Morgan fingerprint density at radius 1 is 1.17 bits per heavy atom. The van der Waals surface area contributed by atoms with E-state index >= 15 is 0 Å². The van der Waals surface area contributed by atoms with Crippen molar-refractivity contribution in [1.82, 2.24) is 9.88 Å². The fraction of sp³-hybridized carbons (Fsp3) is 0.208. The van der Waals surface area contributed by atoms with Crippen molar-refractivity contribution in [1.29, 1.82) is 0 Å². The van der Waals surface area contributed by atoms with E-state index in [1.165, 1.54) is 23.4 Å². The van der Waals surface area contributed by atoms with Crippen LogP contribution < -0.4 is 10.6 Å². The van der Waals surface area contributed by atoms with E-state index in [1.807, 2.05) is 48.8 Å². The van der Waals surface area contributed by atoms with Gasteiger partial charge in [-0.2, -0.15) is 0 Å². The number of hydrogen-bond donors (Lipinski definition) is 2. The minimum atomic E-state index is -0.273. The van der Waals surface area contributed by atoms with E-state index in [2.05, 4.69) is 29.7 Å². The number of nitrogens with one attached hydrogen (secondary N) is 2. The van der Waals surface area contributed by atoms with Gasteiger partial charge < -0.3 is 15.2 Å². The van der Waals surface area contributed by atoms with Crippen molar-refractivity contribution in [3.05, 3.63) is 87.8 Å². The molecule has 4 nitrogen and oxygen atoms in total. The van der Waals surface area contributed by atoms with E-state index in [4.69, 9.17) is 0 Å². The molecular formula is C24H24FN3OS. The summed E-state index contributed by atoms with van der Waals surface area (Å²) in [5.74, 6) is -0.386. The van der Waals surface area contributed by atoms with Gasteiger partial charge in [0.1, 0.15) is 5.82 Å². The van der Waals surface area contributed by atoms with Gasteiger partial charge in [-0.25, -0.2) is 4.39 Å². The first kappa shape index (κ1) is 20.3. The minimum absolute atomic E-state index is 0.113. The Balaban J connectivity index is 1.56. The molecule has 0 unspecified atom stereocenters. The fourth-order valence-corrected chi connectivity index (χ4v) is 4.61. The predicted octanol–water partition coefficient (Wildman–Crippen LogP) is 5.40. The summed E-state index contributed by atoms with van der Waals surface area (Å²) in [5, 5.41) is 6.30. The molecule has 6 heteroatoms. The molecule has 2 N–H and O–H groups in total. The monoisotopic (exact) mass is 421 g/mol. The van der Waals surface area contributed by atoms with Crippen molar-refractivity contribution in [3.8, 4) is 5.69 Å². The Morgan fingerprint density at radius 2 is 1.90 bits per heavy atom. The first-order chi connectivity index (χ1) is 14.5. The molecule has 1 saturated heterocycles. The van der Waals surface area contributed by atoms with Crippen LogP contribution in [0.25, 0.3) is 11.8 Å². The summed E-state index contributed by atoms with van der Waals surface area (Å²) in [7, 11) is 0. The molecule has 0 saturated carbocycles. The number of hydrogen-bond acceptors (Lipinski definition) is 3. The Kier molecular flexibility index (Phi) is 5.68. The fourth-order valence-electron chi connectivity index (χ4n) is 3.63. The quantitative estimate of drug-likeness (QED) is 0.543. The highest BCUT2D eigenvalue weighted by atomic mass is 32.2. The van der Waals surface area contributed by atoms with Gasteiger partial charge in [0.15, 0.2) is 5.50 Å². The molecule has 0 aliphatic carbocycles. The Labute approximate surface area is 180 Å². The number of benzene rings is 2. The number of anilines is 1. The number of halogens is 1. The number of aromatic nitrogens is 1. The second-order valence-electron chi connectivity index (χ2n) is 7.29. The van der Waals surface area contributed by atoms with Crippen LogP contribution in [0.2, 0.25) is 0 Å². The molecule has 0 spiro atoms. The summed E-state index contributed by atoms with van der Waals surface area (Å²) in [5.41, 5.74) is 5.23. The molecule has 2 aromatic carbocycles. The van der Waals surface area contributed by atoms with E-state index in [0.29, 0.717) is 10.6 Å². The summed E-state index contributed by atoms with van der Waals surface area (Å²) < 4.78 is 16.2. The van der Waals surface area contributed by atoms with Crippen LogP contribution in [-0.2, 0) is 11.2 Å². The molecule has 0 radical (unpaired) electrons. The maximum atomic E-state index is 14.3. The van der Waals surface area contributed by atoms with Crippen molar-refractivity contribution in [2.24, 2.45) is 0 Å². The van der Waals surface area contributed by atoms with Gasteiger partial charge in [-0.15, -0.1) is 0 Å². The smallest absolute Gasteiger partial charge is 0.260 e. The lowest BCUT2D eigenvalue weighted by Crippen LogP contribution is -2.30. The zero-order valence-electron chi connectivity index (χ0n) is 17.2. The maximum Gasteiger partial charge on any atom is 0.260 e. The Bertz CT molecular complexity index is 1120. The topological polar surface area (TPSA) is 46.1 Å². The largest absolute Gasteiger partial charge is 0.357 e. The highest BCUT2D eigenvalue weighted by molar-refractivity contribution is 8.05. The number of nitrogens with zero attached hydrogens (tertiary/aromatic N) is 1. The molecule has 1 aliphatic rings. The number of rotatable bonds is 5. The number of thioether (sulfide) groups is 1. The lowest BCUT2D eigenvalue weighted by molar-refractivity contribution is -0.116. The number of amides is 1. The van der Waals surface area contributed by atoms with Crippen LogP contribution in [0.1, 0.15) is 29.4 Å². The van der Waals surface area contributed by atoms with Crippen LogP contribution in [0.5, 0.6) is 0 Å². The van der Waals surface area contributed by atoms with Crippen LogP contribution in [0, 0.1) is 19.7 Å². The Morgan fingerprint density at radius 3 is 2.60 bits per heavy atom. The summed E-state index contributed by atoms with van der Waals surface area (Å²) in [6, 6.07) is 16.9. The third kappa shape index (κ3) is 4.00. The van der Waals surface area contributed by atoms with Gasteiger partial charge in [-0.1, -0.05) is 43.0 Å². The molecule has 154 valence electrons. The van der Waals surface area contributed by atoms with Crippen molar-refractivity contribution in [2.45, 2.75) is 32.7 Å². The van der Waals surface area contributed by atoms with Gasteiger partial charge in [0.2, 0.25) is 0 Å². The van der Waals surface area contributed by atoms with Crippen LogP contribution in [0.3, 0.4) is 0 Å². The highest BCUT2D eigenvalue weighted by Crippen LogP contribution is 2.32. The van der Waals surface area contributed by atoms with Crippen LogP contribution in [-0.4, -0.2) is 16.0 Å². The first-order valence-electron chi connectivity index (χ1n) is 9.95. The average molecular weight is 422 g/mol. The van der Waals surface area contributed by atoms with Gasteiger partial charge in [-0.3, -0.25) is 4.79 Å². The van der Waals surface area contributed by atoms with Crippen molar-refractivity contribution in [3.63, 3.8) is 0 Å². The molecule has 2 heterocycles. The van der Waals surface area contributed by atoms with Gasteiger partial charge in [-0.05, 0) is 67.8 Å². The number of carbonyl (C=O) groups is 1. The summed E-state index contributed by atoms with van der Waals surface area (Å²) in [6.07, 6.45) is 2.87. The van der Waals surface area contributed by atoms with E-state index in [0.717, 1.165) is 29.1 Å². The minimum Gasteiger partial charge on any atom is -0.357 e. The van der Waals surface area contributed by atoms with Crippen molar-refractivity contribution >= 4 is 29.4 Å². The summed E-state index contributed by atoms with van der Waals surface area (Å²) in [4.78, 5) is 13.1. The van der Waals surface area contributed by atoms with Gasteiger partial charge in [0.05, 0.1) is 10.6 Å².